The topological polar surface area (TPSA) is 26.0 Å². The van der Waals surface area contributed by atoms with Crippen molar-refractivity contribution in [3.05, 3.63) is 34.9 Å². The molecule has 0 aliphatic carbocycles. The molecule has 0 radical (unpaired) electrons. The molecule has 2 atom stereocenters. The summed E-state index contributed by atoms with van der Waals surface area (Å²) in [5.41, 5.74) is 7.11. The Morgan fingerprint density at radius 1 is 1.31 bits per heavy atom. The van der Waals surface area contributed by atoms with Crippen LogP contribution < -0.4 is 5.73 Å². The Bertz CT molecular complexity index is 258. The summed E-state index contributed by atoms with van der Waals surface area (Å²) < 4.78 is 0. The SMILES string of the molecule is CSC(c1ccc(Cl)cc1)C(C)N. The van der Waals surface area contributed by atoms with Crippen LogP contribution in [0.25, 0.3) is 0 Å². The summed E-state index contributed by atoms with van der Waals surface area (Å²) in [6, 6.07) is 8.04. The third kappa shape index (κ3) is 2.90. The van der Waals surface area contributed by atoms with Gasteiger partial charge >= 0.3 is 0 Å². The van der Waals surface area contributed by atoms with Crippen LogP contribution in [0, 0.1) is 0 Å². The van der Waals surface area contributed by atoms with Crippen LogP contribution in [0.2, 0.25) is 5.02 Å². The smallest absolute Gasteiger partial charge is 0.0442 e. The van der Waals surface area contributed by atoms with Gasteiger partial charge in [0.15, 0.2) is 0 Å². The highest BCUT2D eigenvalue weighted by atomic mass is 35.5. The van der Waals surface area contributed by atoms with Crippen LogP contribution in [-0.4, -0.2) is 12.3 Å². The highest BCUT2D eigenvalue weighted by Crippen LogP contribution is 2.29. The van der Waals surface area contributed by atoms with E-state index in [1.807, 2.05) is 31.2 Å². The van der Waals surface area contributed by atoms with Crippen molar-refractivity contribution in [3.63, 3.8) is 0 Å². The molecule has 0 heterocycles. The van der Waals surface area contributed by atoms with Gasteiger partial charge in [0.25, 0.3) is 0 Å². The van der Waals surface area contributed by atoms with E-state index in [1.54, 1.807) is 11.8 Å². The Kier molecular flexibility index (Phi) is 4.10. The third-order valence-corrected chi connectivity index (χ3v) is 3.39. The molecule has 2 N–H and O–H groups in total. The van der Waals surface area contributed by atoms with Gasteiger partial charge in [0.2, 0.25) is 0 Å². The quantitative estimate of drug-likeness (QED) is 0.839. The van der Waals surface area contributed by atoms with Gasteiger partial charge in [0.05, 0.1) is 0 Å². The van der Waals surface area contributed by atoms with Crippen molar-refractivity contribution in [1.29, 1.82) is 0 Å². The number of hydrogen-bond donors (Lipinski definition) is 1. The van der Waals surface area contributed by atoms with Crippen molar-refractivity contribution in [2.45, 2.75) is 18.2 Å². The van der Waals surface area contributed by atoms with Crippen molar-refractivity contribution in [2.24, 2.45) is 5.73 Å². The van der Waals surface area contributed by atoms with Crippen LogP contribution >= 0.6 is 23.4 Å². The molecule has 1 rings (SSSR count). The maximum atomic E-state index is 5.86. The van der Waals surface area contributed by atoms with Crippen molar-refractivity contribution < 1.29 is 0 Å². The minimum Gasteiger partial charge on any atom is -0.327 e. The predicted octanol–water partition coefficient (Wildman–Crippen LogP) is 3.09. The number of benzene rings is 1. The molecule has 0 aromatic heterocycles. The Balaban J connectivity index is 2.86. The molecule has 0 aliphatic heterocycles. The van der Waals surface area contributed by atoms with E-state index < -0.39 is 0 Å². The van der Waals surface area contributed by atoms with Crippen molar-refractivity contribution in [1.82, 2.24) is 0 Å². The molecule has 0 aliphatic rings. The molecule has 0 amide bonds. The average Bonchev–Trinajstić information content (AvgIpc) is 2.09. The summed E-state index contributed by atoms with van der Waals surface area (Å²) in [5, 5.41) is 1.13. The first-order chi connectivity index (χ1) is 6.15. The van der Waals surface area contributed by atoms with E-state index in [-0.39, 0.29) is 6.04 Å². The fraction of sp³-hybridized carbons (Fsp3) is 0.400. The van der Waals surface area contributed by atoms with Gasteiger partial charge in [-0.15, -0.1) is 0 Å². The van der Waals surface area contributed by atoms with Crippen molar-refractivity contribution in [2.75, 3.05) is 6.26 Å². The molecular formula is C10H14ClNS. The molecule has 1 aromatic rings. The lowest BCUT2D eigenvalue weighted by Crippen LogP contribution is -2.22. The average molecular weight is 216 g/mol. The zero-order valence-corrected chi connectivity index (χ0v) is 9.40. The molecular weight excluding hydrogens is 202 g/mol. The zero-order valence-electron chi connectivity index (χ0n) is 7.83. The van der Waals surface area contributed by atoms with Crippen LogP contribution in [0.1, 0.15) is 17.7 Å². The zero-order chi connectivity index (χ0) is 9.84. The fourth-order valence-electron chi connectivity index (χ4n) is 1.31. The molecule has 72 valence electrons. The first-order valence-electron chi connectivity index (χ1n) is 4.19. The van der Waals surface area contributed by atoms with Crippen molar-refractivity contribution in [3.8, 4) is 0 Å². The molecule has 0 spiro atoms. The lowest BCUT2D eigenvalue weighted by atomic mass is 10.1. The van der Waals surface area contributed by atoms with E-state index in [0.717, 1.165) is 5.02 Å². The molecule has 0 bridgehead atoms. The van der Waals surface area contributed by atoms with Gasteiger partial charge in [-0.2, -0.15) is 11.8 Å². The van der Waals surface area contributed by atoms with Gasteiger partial charge in [0.1, 0.15) is 0 Å². The van der Waals surface area contributed by atoms with Crippen molar-refractivity contribution >= 4 is 23.4 Å². The monoisotopic (exact) mass is 215 g/mol. The van der Waals surface area contributed by atoms with Gasteiger partial charge in [-0.25, -0.2) is 0 Å². The lowest BCUT2D eigenvalue weighted by Gasteiger charge is -2.18. The summed E-state index contributed by atoms with van der Waals surface area (Å²) in [6.45, 7) is 2.02. The number of nitrogens with two attached hydrogens (primary N) is 1. The van der Waals surface area contributed by atoms with Crippen LogP contribution in [0.3, 0.4) is 0 Å². The fourth-order valence-corrected chi connectivity index (χ4v) is 2.29. The Morgan fingerprint density at radius 2 is 1.85 bits per heavy atom. The largest absolute Gasteiger partial charge is 0.327 e. The molecule has 1 aromatic carbocycles. The van der Waals surface area contributed by atoms with Gasteiger partial charge in [-0.1, -0.05) is 23.7 Å². The summed E-state index contributed by atoms with van der Waals surface area (Å²) in [7, 11) is 0. The normalized spacial score (nSPS) is 15.4. The Labute approximate surface area is 88.7 Å². The van der Waals surface area contributed by atoms with E-state index in [2.05, 4.69) is 6.26 Å². The maximum Gasteiger partial charge on any atom is 0.0442 e. The van der Waals surface area contributed by atoms with E-state index in [9.17, 15) is 0 Å². The lowest BCUT2D eigenvalue weighted by molar-refractivity contribution is 0.723. The van der Waals surface area contributed by atoms with Crippen LogP contribution in [-0.2, 0) is 0 Å². The summed E-state index contributed by atoms with van der Waals surface area (Å²) in [4.78, 5) is 0. The second-order valence-electron chi connectivity index (χ2n) is 3.07. The van der Waals surface area contributed by atoms with Crippen LogP contribution in [0.5, 0.6) is 0 Å². The summed E-state index contributed by atoms with van der Waals surface area (Å²) in [5.74, 6) is 0. The van der Waals surface area contributed by atoms with Crippen LogP contribution in [0.15, 0.2) is 24.3 Å². The minimum atomic E-state index is 0.163. The van der Waals surface area contributed by atoms with Gasteiger partial charge in [0, 0.05) is 16.3 Å². The van der Waals surface area contributed by atoms with Gasteiger partial charge < -0.3 is 5.73 Å². The Morgan fingerprint density at radius 3 is 2.23 bits per heavy atom. The molecule has 0 saturated heterocycles. The highest BCUT2D eigenvalue weighted by molar-refractivity contribution is 7.98. The van der Waals surface area contributed by atoms with E-state index in [4.69, 9.17) is 17.3 Å². The number of hydrogen-bond acceptors (Lipinski definition) is 2. The molecule has 0 fully saturated rings. The predicted molar refractivity (Wildman–Crippen MR) is 61.4 cm³/mol. The number of halogens is 1. The van der Waals surface area contributed by atoms with Gasteiger partial charge in [-0.3, -0.25) is 0 Å². The second kappa shape index (κ2) is 4.89. The minimum absolute atomic E-state index is 0.163. The summed E-state index contributed by atoms with van der Waals surface area (Å²) in [6.07, 6.45) is 2.07. The summed E-state index contributed by atoms with van der Waals surface area (Å²) >= 11 is 7.57. The molecule has 0 saturated carbocycles. The second-order valence-corrected chi connectivity index (χ2v) is 4.48. The Hall–Kier alpha value is -0.180. The van der Waals surface area contributed by atoms with E-state index in [0.29, 0.717) is 5.25 Å². The molecule has 13 heavy (non-hydrogen) atoms. The third-order valence-electron chi connectivity index (χ3n) is 1.93. The number of rotatable bonds is 3. The van der Waals surface area contributed by atoms with Crippen LogP contribution in [0.4, 0.5) is 0 Å². The standard InChI is InChI=1S/C10H14ClNS/c1-7(12)10(13-2)8-3-5-9(11)6-4-8/h3-7,10H,12H2,1-2H3. The highest BCUT2D eigenvalue weighted by Gasteiger charge is 2.13. The van der Waals surface area contributed by atoms with Gasteiger partial charge in [-0.05, 0) is 30.9 Å². The first kappa shape index (κ1) is 10.9. The van der Waals surface area contributed by atoms with E-state index in [1.165, 1.54) is 5.56 Å². The number of thioether (sulfide) groups is 1. The molecule has 2 unspecified atom stereocenters. The van der Waals surface area contributed by atoms with E-state index >= 15 is 0 Å². The molecule has 1 nitrogen and oxygen atoms in total. The maximum absolute atomic E-state index is 5.86. The molecule has 3 heteroatoms. The first-order valence-corrected chi connectivity index (χ1v) is 5.85.